The third-order valence-electron chi connectivity index (χ3n) is 3.48. The number of aryl methyl sites for hydroxylation is 1. The van der Waals surface area contributed by atoms with Crippen molar-refractivity contribution in [1.29, 1.82) is 0 Å². The minimum Gasteiger partial charge on any atom is -0.465 e. The lowest BCUT2D eigenvalue weighted by Crippen LogP contribution is -2.47. The molecule has 0 bridgehead atoms. The van der Waals surface area contributed by atoms with Crippen molar-refractivity contribution in [3.05, 3.63) is 33.8 Å². The summed E-state index contributed by atoms with van der Waals surface area (Å²) in [6.45, 7) is 7.80. The molecule has 1 N–H and O–H groups in total. The van der Waals surface area contributed by atoms with Gasteiger partial charge in [-0.25, -0.2) is 4.79 Å². The molecule has 0 aliphatic carbocycles. The molecule has 1 aliphatic rings. The third-order valence-corrected chi connectivity index (χ3v) is 4.16. The van der Waals surface area contributed by atoms with Crippen LogP contribution in [0.4, 0.5) is 0 Å². The largest absolute Gasteiger partial charge is 0.465 e. The number of ether oxygens (including phenoxy) is 1. The highest BCUT2D eigenvalue weighted by atomic mass is 79.9. The van der Waals surface area contributed by atoms with Crippen molar-refractivity contribution < 1.29 is 9.53 Å². The van der Waals surface area contributed by atoms with E-state index >= 15 is 0 Å². The Morgan fingerprint density at radius 3 is 2.75 bits per heavy atom. The first-order chi connectivity index (χ1) is 9.63. The predicted molar refractivity (Wildman–Crippen MR) is 82.7 cm³/mol. The first kappa shape index (κ1) is 15.5. The first-order valence-electron chi connectivity index (χ1n) is 7.01. The van der Waals surface area contributed by atoms with Crippen LogP contribution in [0.3, 0.4) is 0 Å². The van der Waals surface area contributed by atoms with Gasteiger partial charge >= 0.3 is 5.97 Å². The standard InChI is InChI=1S/C15H21BrN2O2/c1-3-20-15(19)14(18-8-6-17-7-9-18)12-5-4-11(2)10-13(12)16/h4-5,10,14,17H,3,6-9H2,1-2H3. The van der Waals surface area contributed by atoms with Crippen LogP contribution < -0.4 is 5.32 Å². The molecule has 2 rings (SSSR count). The number of piperazine rings is 1. The molecule has 1 atom stereocenters. The normalized spacial score (nSPS) is 17.8. The van der Waals surface area contributed by atoms with Gasteiger partial charge in [0, 0.05) is 30.7 Å². The Bertz CT molecular complexity index is 473. The van der Waals surface area contributed by atoms with Gasteiger partial charge in [0.25, 0.3) is 0 Å². The lowest BCUT2D eigenvalue weighted by atomic mass is 10.0. The van der Waals surface area contributed by atoms with E-state index in [2.05, 4.69) is 26.1 Å². The number of carbonyl (C=O) groups is 1. The van der Waals surface area contributed by atoms with Gasteiger partial charge in [0.15, 0.2) is 0 Å². The summed E-state index contributed by atoms with van der Waals surface area (Å²) in [6.07, 6.45) is 0. The molecule has 110 valence electrons. The summed E-state index contributed by atoms with van der Waals surface area (Å²) in [5.41, 5.74) is 2.15. The van der Waals surface area contributed by atoms with Crippen LogP contribution in [0.15, 0.2) is 22.7 Å². The highest BCUT2D eigenvalue weighted by molar-refractivity contribution is 9.10. The highest BCUT2D eigenvalue weighted by Crippen LogP contribution is 2.30. The Morgan fingerprint density at radius 1 is 1.45 bits per heavy atom. The molecule has 1 unspecified atom stereocenters. The topological polar surface area (TPSA) is 41.6 Å². The van der Waals surface area contributed by atoms with Gasteiger partial charge in [0.1, 0.15) is 6.04 Å². The average molecular weight is 341 g/mol. The lowest BCUT2D eigenvalue weighted by Gasteiger charge is -2.34. The first-order valence-corrected chi connectivity index (χ1v) is 7.80. The van der Waals surface area contributed by atoms with Gasteiger partial charge in [0.2, 0.25) is 0 Å². The van der Waals surface area contributed by atoms with E-state index < -0.39 is 0 Å². The number of hydrogen-bond acceptors (Lipinski definition) is 4. The quantitative estimate of drug-likeness (QED) is 0.853. The molecule has 0 radical (unpaired) electrons. The summed E-state index contributed by atoms with van der Waals surface area (Å²) in [7, 11) is 0. The minimum absolute atomic E-state index is 0.168. The zero-order valence-corrected chi connectivity index (χ0v) is 13.6. The maximum absolute atomic E-state index is 12.4. The Morgan fingerprint density at radius 2 is 2.15 bits per heavy atom. The molecule has 0 aromatic heterocycles. The van der Waals surface area contributed by atoms with Gasteiger partial charge in [-0.05, 0) is 31.0 Å². The van der Waals surface area contributed by atoms with Crippen molar-refractivity contribution in [1.82, 2.24) is 10.2 Å². The van der Waals surface area contributed by atoms with Crippen molar-refractivity contribution in [2.75, 3.05) is 32.8 Å². The zero-order valence-electron chi connectivity index (χ0n) is 12.0. The van der Waals surface area contributed by atoms with E-state index in [4.69, 9.17) is 4.74 Å². The minimum atomic E-state index is -0.327. The summed E-state index contributed by atoms with van der Waals surface area (Å²) < 4.78 is 6.24. The maximum atomic E-state index is 12.4. The molecule has 1 heterocycles. The lowest BCUT2D eigenvalue weighted by molar-refractivity contribution is -0.150. The number of carbonyl (C=O) groups excluding carboxylic acids is 1. The summed E-state index contributed by atoms with van der Waals surface area (Å²) >= 11 is 3.58. The molecule has 1 fully saturated rings. The van der Waals surface area contributed by atoms with E-state index in [1.165, 1.54) is 5.56 Å². The van der Waals surface area contributed by atoms with Crippen molar-refractivity contribution in [3.8, 4) is 0 Å². The van der Waals surface area contributed by atoms with Gasteiger partial charge in [-0.2, -0.15) is 0 Å². The van der Waals surface area contributed by atoms with Gasteiger partial charge in [-0.3, -0.25) is 4.90 Å². The Hall–Kier alpha value is -0.910. The molecule has 0 amide bonds. The van der Waals surface area contributed by atoms with E-state index in [-0.39, 0.29) is 12.0 Å². The van der Waals surface area contributed by atoms with Crippen LogP contribution in [-0.4, -0.2) is 43.7 Å². The van der Waals surface area contributed by atoms with Crippen molar-refractivity contribution in [2.24, 2.45) is 0 Å². The molecule has 4 nitrogen and oxygen atoms in total. The van der Waals surface area contributed by atoms with Crippen LogP contribution in [0.2, 0.25) is 0 Å². The molecule has 1 aromatic carbocycles. The highest BCUT2D eigenvalue weighted by Gasteiger charge is 2.31. The van der Waals surface area contributed by atoms with E-state index in [1.54, 1.807) is 0 Å². The molecule has 20 heavy (non-hydrogen) atoms. The predicted octanol–water partition coefficient (Wildman–Crippen LogP) is 2.27. The fourth-order valence-electron chi connectivity index (χ4n) is 2.49. The van der Waals surface area contributed by atoms with Crippen LogP contribution in [-0.2, 0) is 9.53 Å². The number of esters is 1. The summed E-state index contributed by atoms with van der Waals surface area (Å²) in [5, 5.41) is 3.31. The molecule has 5 heteroatoms. The molecule has 1 saturated heterocycles. The smallest absolute Gasteiger partial charge is 0.328 e. The number of rotatable bonds is 4. The molecule has 0 saturated carbocycles. The van der Waals surface area contributed by atoms with Gasteiger partial charge in [-0.1, -0.05) is 28.1 Å². The fourth-order valence-corrected chi connectivity index (χ4v) is 3.20. The summed E-state index contributed by atoms with van der Waals surface area (Å²) in [5.74, 6) is -0.168. The van der Waals surface area contributed by atoms with E-state index in [0.717, 1.165) is 36.2 Å². The van der Waals surface area contributed by atoms with Crippen LogP contribution in [0.25, 0.3) is 0 Å². The zero-order chi connectivity index (χ0) is 14.5. The van der Waals surface area contributed by atoms with Crippen molar-refractivity contribution in [3.63, 3.8) is 0 Å². The van der Waals surface area contributed by atoms with Crippen molar-refractivity contribution in [2.45, 2.75) is 19.9 Å². The number of halogens is 1. The Kier molecular flexibility index (Phi) is 5.57. The number of benzene rings is 1. The van der Waals surface area contributed by atoms with E-state index in [9.17, 15) is 4.79 Å². The van der Waals surface area contributed by atoms with Crippen LogP contribution >= 0.6 is 15.9 Å². The van der Waals surface area contributed by atoms with Crippen LogP contribution in [0, 0.1) is 6.92 Å². The SMILES string of the molecule is CCOC(=O)C(c1ccc(C)cc1Br)N1CCNCC1. The molecule has 1 aliphatic heterocycles. The van der Waals surface area contributed by atoms with Crippen molar-refractivity contribution >= 4 is 21.9 Å². The van der Waals surface area contributed by atoms with E-state index in [1.807, 2.05) is 32.0 Å². The van der Waals surface area contributed by atoms with Gasteiger partial charge in [0.05, 0.1) is 6.61 Å². The van der Waals surface area contributed by atoms with E-state index in [0.29, 0.717) is 6.61 Å². The average Bonchev–Trinajstić information content (AvgIpc) is 2.43. The third kappa shape index (κ3) is 3.59. The Labute approximate surface area is 128 Å². The summed E-state index contributed by atoms with van der Waals surface area (Å²) in [4.78, 5) is 14.6. The summed E-state index contributed by atoms with van der Waals surface area (Å²) in [6, 6.07) is 5.77. The Balaban J connectivity index is 2.31. The fraction of sp³-hybridized carbons (Fsp3) is 0.533. The molecular weight excluding hydrogens is 320 g/mol. The second-order valence-electron chi connectivity index (χ2n) is 4.97. The number of nitrogens with zero attached hydrogens (tertiary/aromatic N) is 1. The van der Waals surface area contributed by atoms with Crippen LogP contribution in [0.5, 0.6) is 0 Å². The van der Waals surface area contributed by atoms with Gasteiger partial charge in [-0.15, -0.1) is 0 Å². The second kappa shape index (κ2) is 7.20. The second-order valence-corrected chi connectivity index (χ2v) is 5.82. The monoisotopic (exact) mass is 340 g/mol. The van der Waals surface area contributed by atoms with Crippen LogP contribution in [0.1, 0.15) is 24.1 Å². The number of nitrogens with one attached hydrogen (secondary N) is 1. The van der Waals surface area contributed by atoms with Gasteiger partial charge < -0.3 is 10.1 Å². The maximum Gasteiger partial charge on any atom is 0.328 e. The number of hydrogen-bond donors (Lipinski definition) is 1. The molecular formula is C15H21BrN2O2. The molecule has 1 aromatic rings. The molecule has 0 spiro atoms.